The van der Waals surface area contributed by atoms with Crippen LogP contribution in [0.5, 0.6) is 5.75 Å². The third kappa shape index (κ3) is 4.29. The molecule has 0 amide bonds. The summed E-state index contributed by atoms with van der Waals surface area (Å²) in [5.74, 6) is 0.0286. The van der Waals surface area contributed by atoms with Crippen molar-refractivity contribution in [1.29, 1.82) is 0 Å². The highest BCUT2D eigenvalue weighted by Crippen LogP contribution is 2.33. The number of hydrogen-bond acceptors (Lipinski definition) is 7. The third-order valence-corrected chi connectivity index (χ3v) is 3.78. The molecule has 0 spiro atoms. The van der Waals surface area contributed by atoms with Crippen molar-refractivity contribution in [2.75, 3.05) is 13.2 Å². The predicted octanol–water partition coefficient (Wildman–Crippen LogP) is 3.93. The van der Waals surface area contributed by atoms with Crippen molar-refractivity contribution in [2.45, 2.75) is 20.8 Å². The molecule has 1 aromatic heterocycles. The van der Waals surface area contributed by atoms with E-state index in [1.807, 2.05) is 13.8 Å². The normalized spacial score (nSPS) is 10.7. The summed E-state index contributed by atoms with van der Waals surface area (Å²) in [6.07, 6.45) is 0. The largest absolute Gasteiger partial charge is 0.487 e. The van der Waals surface area contributed by atoms with Gasteiger partial charge in [0.2, 0.25) is 0 Å². The summed E-state index contributed by atoms with van der Waals surface area (Å²) >= 11 is 0.999. The van der Waals surface area contributed by atoms with Crippen LogP contribution in [0.4, 0.5) is 5.69 Å². The SMILES string of the molecule is CCOC(=O)c1cc(-c2ccc(OCC(C)C)c([N+](=O)[O-])c2)ns1. The molecule has 0 unspecified atom stereocenters. The van der Waals surface area contributed by atoms with Crippen molar-refractivity contribution >= 4 is 23.2 Å². The molecule has 1 heterocycles. The molecule has 0 aliphatic rings. The first kappa shape index (κ1) is 17.9. The number of esters is 1. The fraction of sp³-hybridized carbons (Fsp3) is 0.375. The van der Waals surface area contributed by atoms with E-state index in [4.69, 9.17) is 9.47 Å². The van der Waals surface area contributed by atoms with Gasteiger partial charge in [0.25, 0.3) is 0 Å². The topological polar surface area (TPSA) is 91.6 Å². The monoisotopic (exact) mass is 350 g/mol. The van der Waals surface area contributed by atoms with E-state index in [1.54, 1.807) is 25.1 Å². The lowest BCUT2D eigenvalue weighted by Crippen LogP contribution is -2.06. The molecular formula is C16H18N2O5S. The van der Waals surface area contributed by atoms with E-state index in [9.17, 15) is 14.9 Å². The Kier molecular flexibility index (Phi) is 5.86. The number of aromatic nitrogens is 1. The highest BCUT2D eigenvalue weighted by Gasteiger charge is 2.19. The van der Waals surface area contributed by atoms with Gasteiger partial charge in [-0.25, -0.2) is 4.79 Å². The van der Waals surface area contributed by atoms with Crippen molar-refractivity contribution in [3.8, 4) is 17.0 Å². The second kappa shape index (κ2) is 7.87. The minimum Gasteiger partial charge on any atom is -0.487 e. The minimum atomic E-state index is -0.488. The molecule has 0 aliphatic carbocycles. The Bertz CT molecular complexity index is 742. The van der Waals surface area contributed by atoms with E-state index in [1.165, 1.54) is 6.07 Å². The van der Waals surface area contributed by atoms with Crippen LogP contribution < -0.4 is 4.74 Å². The molecule has 0 atom stereocenters. The Morgan fingerprint density at radius 3 is 2.75 bits per heavy atom. The van der Waals surface area contributed by atoms with Crippen LogP contribution >= 0.6 is 11.5 Å². The van der Waals surface area contributed by atoms with Crippen LogP contribution in [0.3, 0.4) is 0 Å². The number of carbonyl (C=O) groups is 1. The summed E-state index contributed by atoms with van der Waals surface area (Å²) in [5, 5.41) is 11.3. The second-order valence-electron chi connectivity index (χ2n) is 5.44. The molecule has 0 saturated carbocycles. The molecule has 0 saturated heterocycles. The molecule has 2 aromatic rings. The third-order valence-electron chi connectivity index (χ3n) is 3.01. The molecule has 0 fully saturated rings. The summed E-state index contributed by atoms with van der Waals surface area (Å²) in [6, 6.07) is 6.21. The van der Waals surface area contributed by atoms with Crippen LogP contribution in [0.25, 0.3) is 11.3 Å². The van der Waals surface area contributed by atoms with Gasteiger partial charge in [-0.05, 0) is 42.6 Å². The Labute approximate surface area is 143 Å². The summed E-state index contributed by atoms with van der Waals surface area (Å²) in [5.41, 5.74) is 0.908. The van der Waals surface area contributed by atoms with E-state index >= 15 is 0 Å². The number of nitro benzene ring substituents is 1. The van der Waals surface area contributed by atoms with Crippen LogP contribution in [0, 0.1) is 16.0 Å². The molecule has 1 aromatic carbocycles. The first-order chi connectivity index (χ1) is 11.4. The number of hydrogen-bond donors (Lipinski definition) is 0. The van der Waals surface area contributed by atoms with Gasteiger partial charge < -0.3 is 9.47 Å². The van der Waals surface area contributed by atoms with Crippen molar-refractivity contribution in [3.05, 3.63) is 39.3 Å². The molecule has 2 rings (SSSR count). The number of nitrogens with zero attached hydrogens (tertiary/aromatic N) is 2. The quantitative estimate of drug-likeness (QED) is 0.427. The molecule has 128 valence electrons. The van der Waals surface area contributed by atoms with Gasteiger partial charge in [-0.15, -0.1) is 0 Å². The molecule has 8 heteroatoms. The number of carbonyl (C=O) groups excluding carboxylic acids is 1. The van der Waals surface area contributed by atoms with Crippen molar-refractivity contribution in [3.63, 3.8) is 0 Å². The first-order valence-electron chi connectivity index (χ1n) is 7.47. The molecule has 24 heavy (non-hydrogen) atoms. The average molecular weight is 350 g/mol. The van der Waals surface area contributed by atoms with Crippen molar-refractivity contribution in [2.24, 2.45) is 5.92 Å². The number of rotatable bonds is 7. The second-order valence-corrected chi connectivity index (χ2v) is 6.25. The fourth-order valence-corrected chi connectivity index (χ4v) is 2.56. The van der Waals surface area contributed by atoms with Crippen molar-refractivity contribution in [1.82, 2.24) is 4.37 Å². The van der Waals surface area contributed by atoms with E-state index in [2.05, 4.69) is 4.37 Å². The van der Waals surface area contributed by atoms with E-state index in [0.717, 1.165) is 11.5 Å². The van der Waals surface area contributed by atoms with Gasteiger partial charge in [0.05, 0.1) is 23.8 Å². The minimum absolute atomic E-state index is 0.126. The lowest BCUT2D eigenvalue weighted by molar-refractivity contribution is -0.385. The highest BCUT2D eigenvalue weighted by atomic mass is 32.1. The Hall–Kier alpha value is -2.48. The maximum absolute atomic E-state index is 11.7. The zero-order valence-electron chi connectivity index (χ0n) is 13.6. The van der Waals surface area contributed by atoms with Gasteiger partial charge in [0.15, 0.2) is 5.75 Å². The van der Waals surface area contributed by atoms with Gasteiger partial charge in [-0.1, -0.05) is 13.8 Å². The van der Waals surface area contributed by atoms with Gasteiger partial charge >= 0.3 is 11.7 Å². The van der Waals surface area contributed by atoms with Crippen LogP contribution in [0.2, 0.25) is 0 Å². The Balaban J connectivity index is 2.30. The van der Waals surface area contributed by atoms with Gasteiger partial charge in [-0.2, -0.15) is 4.37 Å². The molecule has 0 bridgehead atoms. The average Bonchev–Trinajstić information content (AvgIpc) is 3.03. The van der Waals surface area contributed by atoms with E-state index in [0.29, 0.717) is 22.7 Å². The zero-order valence-corrected chi connectivity index (χ0v) is 14.5. The van der Waals surface area contributed by atoms with Gasteiger partial charge in [0, 0.05) is 11.6 Å². The molecule has 7 nitrogen and oxygen atoms in total. The lowest BCUT2D eigenvalue weighted by Gasteiger charge is -2.09. The summed E-state index contributed by atoms with van der Waals surface area (Å²) in [6.45, 7) is 6.32. The molecule has 0 radical (unpaired) electrons. The van der Waals surface area contributed by atoms with E-state index < -0.39 is 10.9 Å². The van der Waals surface area contributed by atoms with Gasteiger partial charge in [-0.3, -0.25) is 10.1 Å². The summed E-state index contributed by atoms with van der Waals surface area (Å²) in [7, 11) is 0. The van der Waals surface area contributed by atoms with E-state index in [-0.39, 0.29) is 24.0 Å². The standard InChI is InChI=1S/C16H18N2O5S/c1-4-22-16(19)15-8-12(17-24-15)11-5-6-14(23-9-10(2)3)13(7-11)18(20)21/h5-8,10H,4,9H2,1-3H3. The fourth-order valence-electron chi connectivity index (χ4n) is 1.91. The predicted molar refractivity (Wildman–Crippen MR) is 90.5 cm³/mol. The van der Waals surface area contributed by atoms with Crippen molar-refractivity contribution < 1.29 is 19.2 Å². The lowest BCUT2D eigenvalue weighted by atomic mass is 10.1. The number of nitro groups is 1. The Morgan fingerprint density at radius 2 is 2.12 bits per heavy atom. The van der Waals surface area contributed by atoms with Crippen LogP contribution in [0.1, 0.15) is 30.4 Å². The number of benzene rings is 1. The highest BCUT2D eigenvalue weighted by molar-refractivity contribution is 7.08. The maximum Gasteiger partial charge on any atom is 0.349 e. The summed E-state index contributed by atoms with van der Waals surface area (Å²) in [4.78, 5) is 22.8. The van der Waals surface area contributed by atoms with Crippen LogP contribution in [-0.2, 0) is 4.74 Å². The first-order valence-corrected chi connectivity index (χ1v) is 8.25. The van der Waals surface area contributed by atoms with Gasteiger partial charge in [0.1, 0.15) is 4.88 Å². The molecular weight excluding hydrogens is 332 g/mol. The maximum atomic E-state index is 11.7. The van der Waals surface area contributed by atoms with Crippen LogP contribution in [-0.4, -0.2) is 28.5 Å². The van der Waals surface area contributed by atoms with Crippen LogP contribution in [0.15, 0.2) is 24.3 Å². The molecule has 0 N–H and O–H groups in total. The Morgan fingerprint density at radius 1 is 1.38 bits per heavy atom. The summed E-state index contributed by atoms with van der Waals surface area (Å²) < 4.78 is 14.6. The number of ether oxygens (including phenoxy) is 2. The smallest absolute Gasteiger partial charge is 0.349 e. The zero-order chi connectivity index (χ0) is 17.7. The molecule has 0 aliphatic heterocycles.